The van der Waals surface area contributed by atoms with Crippen molar-refractivity contribution in [1.82, 2.24) is 0 Å². The SMILES string of the molecule is Cc1ccccc1NC(=S)Nc1ccc(C(N)=O)cc1. The molecule has 0 saturated heterocycles. The van der Waals surface area contributed by atoms with Gasteiger partial charge in [-0.15, -0.1) is 0 Å². The number of hydrogen-bond donors (Lipinski definition) is 3. The van der Waals surface area contributed by atoms with Crippen LogP contribution in [0.1, 0.15) is 15.9 Å². The molecule has 2 aromatic rings. The largest absolute Gasteiger partial charge is 0.366 e. The molecule has 4 nitrogen and oxygen atoms in total. The monoisotopic (exact) mass is 285 g/mol. The highest BCUT2D eigenvalue weighted by molar-refractivity contribution is 7.80. The van der Waals surface area contributed by atoms with Gasteiger partial charge in [-0.25, -0.2) is 0 Å². The van der Waals surface area contributed by atoms with Gasteiger partial charge in [0.25, 0.3) is 0 Å². The third kappa shape index (κ3) is 3.55. The highest BCUT2D eigenvalue weighted by Gasteiger charge is 2.03. The molecule has 0 spiro atoms. The zero-order chi connectivity index (χ0) is 14.5. The Bertz CT molecular complexity index is 638. The Morgan fingerprint density at radius 2 is 1.70 bits per heavy atom. The van der Waals surface area contributed by atoms with Crippen molar-refractivity contribution in [3.63, 3.8) is 0 Å². The van der Waals surface area contributed by atoms with E-state index in [-0.39, 0.29) is 0 Å². The number of nitrogens with two attached hydrogens (primary N) is 1. The second-order valence-electron chi connectivity index (χ2n) is 4.34. The highest BCUT2D eigenvalue weighted by Crippen LogP contribution is 2.14. The standard InChI is InChI=1S/C15H15N3OS/c1-10-4-2-3-5-13(10)18-15(20)17-12-8-6-11(7-9-12)14(16)19/h2-9H,1H3,(H2,16,19)(H2,17,18,20). The molecule has 0 saturated carbocycles. The smallest absolute Gasteiger partial charge is 0.248 e. The summed E-state index contributed by atoms with van der Waals surface area (Å²) in [5, 5.41) is 6.67. The fourth-order valence-electron chi connectivity index (χ4n) is 1.72. The lowest BCUT2D eigenvalue weighted by atomic mass is 10.2. The lowest BCUT2D eigenvalue weighted by Gasteiger charge is -2.12. The first kappa shape index (κ1) is 14.0. The van der Waals surface area contributed by atoms with Crippen molar-refractivity contribution in [2.45, 2.75) is 6.92 Å². The first-order chi connectivity index (χ1) is 9.56. The maximum absolute atomic E-state index is 11.0. The number of thiocarbonyl (C=S) groups is 1. The number of nitrogens with one attached hydrogen (secondary N) is 2. The molecule has 0 bridgehead atoms. The van der Waals surface area contributed by atoms with Crippen molar-refractivity contribution >= 4 is 34.6 Å². The molecule has 0 aliphatic carbocycles. The molecule has 2 aromatic carbocycles. The molecule has 0 aliphatic rings. The molecule has 0 radical (unpaired) electrons. The van der Waals surface area contributed by atoms with Crippen molar-refractivity contribution in [2.75, 3.05) is 10.6 Å². The van der Waals surface area contributed by atoms with E-state index in [1.807, 2.05) is 31.2 Å². The third-order valence-corrected chi connectivity index (χ3v) is 3.02. The van der Waals surface area contributed by atoms with Gasteiger partial charge in [-0.2, -0.15) is 0 Å². The number of benzene rings is 2. The number of carbonyl (C=O) groups is 1. The average Bonchev–Trinajstić information content (AvgIpc) is 2.42. The Morgan fingerprint density at radius 3 is 2.30 bits per heavy atom. The van der Waals surface area contributed by atoms with E-state index in [1.54, 1.807) is 24.3 Å². The van der Waals surface area contributed by atoms with E-state index in [4.69, 9.17) is 18.0 Å². The molecule has 0 atom stereocenters. The van der Waals surface area contributed by atoms with Crippen LogP contribution in [0.25, 0.3) is 0 Å². The fourth-order valence-corrected chi connectivity index (χ4v) is 1.94. The number of para-hydroxylation sites is 1. The summed E-state index contributed by atoms with van der Waals surface area (Å²) in [4.78, 5) is 11.0. The van der Waals surface area contributed by atoms with Crippen LogP contribution in [0.15, 0.2) is 48.5 Å². The van der Waals surface area contributed by atoms with Crippen LogP contribution in [0.5, 0.6) is 0 Å². The molecular formula is C15H15N3OS. The van der Waals surface area contributed by atoms with E-state index >= 15 is 0 Å². The highest BCUT2D eigenvalue weighted by atomic mass is 32.1. The van der Waals surface area contributed by atoms with Crippen LogP contribution in [0, 0.1) is 6.92 Å². The van der Waals surface area contributed by atoms with Gasteiger partial charge >= 0.3 is 0 Å². The van der Waals surface area contributed by atoms with Crippen LogP contribution in [0.3, 0.4) is 0 Å². The summed E-state index contributed by atoms with van der Waals surface area (Å²) in [6, 6.07) is 14.7. The Balaban J connectivity index is 2.01. The Labute approximate surface area is 123 Å². The first-order valence-corrected chi connectivity index (χ1v) is 6.50. The van der Waals surface area contributed by atoms with Crippen LogP contribution in [-0.2, 0) is 0 Å². The number of primary amides is 1. The maximum Gasteiger partial charge on any atom is 0.248 e. The predicted molar refractivity (Wildman–Crippen MR) is 86.0 cm³/mol. The average molecular weight is 285 g/mol. The van der Waals surface area contributed by atoms with Crippen molar-refractivity contribution in [3.8, 4) is 0 Å². The van der Waals surface area contributed by atoms with Gasteiger partial charge in [-0.1, -0.05) is 18.2 Å². The summed E-state index contributed by atoms with van der Waals surface area (Å²) in [7, 11) is 0. The summed E-state index contributed by atoms with van der Waals surface area (Å²) < 4.78 is 0. The van der Waals surface area contributed by atoms with Gasteiger partial charge in [-0.05, 0) is 55.0 Å². The summed E-state index contributed by atoms with van der Waals surface area (Å²) in [5.41, 5.74) is 8.51. The molecule has 102 valence electrons. The maximum atomic E-state index is 11.0. The molecule has 0 aliphatic heterocycles. The van der Waals surface area contributed by atoms with Crippen LogP contribution >= 0.6 is 12.2 Å². The zero-order valence-electron chi connectivity index (χ0n) is 11.0. The molecule has 4 N–H and O–H groups in total. The molecule has 1 amide bonds. The lowest BCUT2D eigenvalue weighted by Crippen LogP contribution is -2.19. The molecule has 0 fully saturated rings. The van der Waals surface area contributed by atoms with Crippen molar-refractivity contribution < 1.29 is 4.79 Å². The minimum atomic E-state index is -0.447. The van der Waals surface area contributed by atoms with Crippen molar-refractivity contribution in [3.05, 3.63) is 59.7 Å². The third-order valence-electron chi connectivity index (χ3n) is 2.82. The van der Waals surface area contributed by atoms with Crippen LogP contribution < -0.4 is 16.4 Å². The van der Waals surface area contributed by atoms with Gasteiger partial charge in [0.1, 0.15) is 0 Å². The number of carbonyl (C=O) groups excluding carboxylic acids is 1. The Morgan fingerprint density at radius 1 is 1.05 bits per heavy atom. The van der Waals surface area contributed by atoms with E-state index < -0.39 is 5.91 Å². The van der Waals surface area contributed by atoms with E-state index in [0.717, 1.165) is 16.9 Å². The molecular weight excluding hydrogens is 270 g/mol. The van der Waals surface area contributed by atoms with Gasteiger partial charge in [0, 0.05) is 16.9 Å². The van der Waals surface area contributed by atoms with Gasteiger partial charge in [-0.3, -0.25) is 4.79 Å². The summed E-state index contributed by atoms with van der Waals surface area (Å²) in [6.45, 7) is 2.01. The summed E-state index contributed by atoms with van der Waals surface area (Å²) >= 11 is 5.25. The minimum absolute atomic E-state index is 0.447. The van der Waals surface area contributed by atoms with E-state index in [0.29, 0.717) is 10.7 Å². The first-order valence-electron chi connectivity index (χ1n) is 6.10. The van der Waals surface area contributed by atoms with Crippen LogP contribution in [0.2, 0.25) is 0 Å². The lowest BCUT2D eigenvalue weighted by molar-refractivity contribution is 0.100. The van der Waals surface area contributed by atoms with Crippen LogP contribution in [0.4, 0.5) is 11.4 Å². The number of rotatable bonds is 3. The second-order valence-corrected chi connectivity index (χ2v) is 4.74. The van der Waals surface area contributed by atoms with Gasteiger partial charge in [0.05, 0.1) is 0 Å². The van der Waals surface area contributed by atoms with Gasteiger partial charge in [0.2, 0.25) is 5.91 Å². The van der Waals surface area contributed by atoms with E-state index in [9.17, 15) is 4.79 Å². The molecule has 5 heteroatoms. The fraction of sp³-hybridized carbons (Fsp3) is 0.0667. The van der Waals surface area contributed by atoms with Crippen molar-refractivity contribution in [1.29, 1.82) is 0 Å². The number of aryl methyl sites for hydroxylation is 1. The number of amides is 1. The Hall–Kier alpha value is -2.40. The number of hydrogen-bond acceptors (Lipinski definition) is 2. The molecule has 20 heavy (non-hydrogen) atoms. The predicted octanol–water partition coefficient (Wildman–Crippen LogP) is 2.90. The van der Waals surface area contributed by atoms with Gasteiger partial charge in [0.15, 0.2) is 5.11 Å². The van der Waals surface area contributed by atoms with Gasteiger partial charge < -0.3 is 16.4 Å². The molecule has 2 rings (SSSR count). The Kier molecular flexibility index (Phi) is 4.32. The minimum Gasteiger partial charge on any atom is -0.366 e. The normalized spacial score (nSPS) is 9.85. The second kappa shape index (κ2) is 6.16. The van der Waals surface area contributed by atoms with Crippen molar-refractivity contribution in [2.24, 2.45) is 5.73 Å². The summed E-state index contributed by atoms with van der Waals surface area (Å²) in [6.07, 6.45) is 0. The summed E-state index contributed by atoms with van der Waals surface area (Å²) in [5.74, 6) is -0.447. The topological polar surface area (TPSA) is 67.2 Å². The van der Waals surface area contributed by atoms with E-state index in [1.165, 1.54) is 0 Å². The molecule has 0 heterocycles. The van der Waals surface area contributed by atoms with Crippen LogP contribution in [-0.4, -0.2) is 11.0 Å². The molecule has 0 aromatic heterocycles. The zero-order valence-corrected chi connectivity index (χ0v) is 11.8. The quantitative estimate of drug-likeness (QED) is 0.759. The number of anilines is 2. The van der Waals surface area contributed by atoms with E-state index in [2.05, 4.69) is 10.6 Å². The molecule has 0 unspecified atom stereocenters.